The fraction of sp³-hybridized carbons (Fsp3) is 0.682. The summed E-state index contributed by atoms with van der Waals surface area (Å²) < 4.78 is 7.51. The van der Waals surface area contributed by atoms with Gasteiger partial charge in [0.2, 0.25) is 0 Å². The van der Waals surface area contributed by atoms with Crippen molar-refractivity contribution in [3.8, 4) is 0 Å². The molecule has 0 radical (unpaired) electrons. The van der Waals surface area contributed by atoms with Crippen LogP contribution in [0.2, 0.25) is 0 Å². The number of piperidine rings is 1. The zero-order valence-corrected chi connectivity index (χ0v) is 16.5. The molecule has 142 valence electrons. The van der Waals surface area contributed by atoms with Crippen molar-refractivity contribution in [2.75, 3.05) is 20.3 Å². The van der Waals surface area contributed by atoms with E-state index in [0.29, 0.717) is 5.92 Å². The number of ether oxygens (including phenoxy) is 1. The van der Waals surface area contributed by atoms with Gasteiger partial charge in [-0.15, -0.1) is 0 Å². The summed E-state index contributed by atoms with van der Waals surface area (Å²) in [7, 11) is 1.83. The summed E-state index contributed by atoms with van der Waals surface area (Å²) >= 11 is 0. The van der Waals surface area contributed by atoms with Gasteiger partial charge in [0, 0.05) is 44.3 Å². The van der Waals surface area contributed by atoms with E-state index in [1.807, 2.05) is 13.3 Å². The molecule has 4 rings (SSSR count). The minimum atomic E-state index is 0.622. The number of fused-ring (bicyclic) bond motifs is 3. The van der Waals surface area contributed by atoms with Crippen molar-refractivity contribution in [3.05, 3.63) is 30.0 Å². The highest BCUT2D eigenvalue weighted by atomic mass is 16.5. The Morgan fingerprint density at radius 2 is 1.96 bits per heavy atom. The molecule has 2 aliphatic heterocycles. The Labute approximate surface area is 157 Å². The van der Waals surface area contributed by atoms with Crippen LogP contribution >= 0.6 is 0 Å². The summed E-state index contributed by atoms with van der Waals surface area (Å²) in [6.07, 6.45) is 8.78. The zero-order chi connectivity index (χ0) is 18.1. The largest absolute Gasteiger partial charge is 0.385 e. The van der Waals surface area contributed by atoms with E-state index in [9.17, 15) is 0 Å². The number of benzene rings is 1. The Balaban J connectivity index is 1.38. The van der Waals surface area contributed by atoms with Crippen LogP contribution in [0.25, 0.3) is 10.9 Å². The lowest BCUT2D eigenvalue weighted by Crippen LogP contribution is -2.45. The van der Waals surface area contributed by atoms with Crippen molar-refractivity contribution in [2.45, 2.75) is 64.6 Å². The van der Waals surface area contributed by atoms with Crippen LogP contribution in [0.3, 0.4) is 0 Å². The molecule has 2 aromatic rings. The van der Waals surface area contributed by atoms with Gasteiger partial charge in [0.15, 0.2) is 0 Å². The van der Waals surface area contributed by atoms with Crippen LogP contribution in [0.1, 0.15) is 44.6 Å². The van der Waals surface area contributed by atoms with E-state index in [4.69, 9.17) is 4.74 Å². The number of rotatable bonds is 7. The normalized spacial score (nSPS) is 27.3. The maximum Gasteiger partial charge on any atom is 0.0685 e. The molecule has 1 aromatic heterocycles. The SMILES string of the molecule is COCCC1C[C@H]2CC[C@H](C1)N2C[C@@H](C)Cn1ncc2ccc(C)cc21. The highest BCUT2D eigenvalue weighted by molar-refractivity contribution is 5.79. The van der Waals surface area contributed by atoms with Gasteiger partial charge in [0.25, 0.3) is 0 Å². The third-order valence-electron chi connectivity index (χ3n) is 6.52. The summed E-state index contributed by atoms with van der Waals surface area (Å²) in [6.45, 7) is 7.69. The van der Waals surface area contributed by atoms with E-state index >= 15 is 0 Å². The number of aromatic nitrogens is 2. The molecule has 0 amide bonds. The second kappa shape index (κ2) is 7.69. The van der Waals surface area contributed by atoms with Crippen molar-refractivity contribution < 1.29 is 4.74 Å². The predicted octanol–water partition coefficient (Wildman–Crippen LogP) is 4.26. The summed E-state index contributed by atoms with van der Waals surface area (Å²) in [5.41, 5.74) is 2.58. The van der Waals surface area contributed by atoms with E-state index < -0.39 is 0 Å². The van der Waals surface area contributed by atoms with Crippen LogP contribution in [-0.2, 0) is 11.3 Å². The fourth-order valence-corrected chi connectivity index (χ4v) is 5.24. The summed E-state index contributed by atoms with van der Waals surface area (Å²) in [5.74, 6) is 1.49. The highest BCUT2D eigenvalue weighted by Crippen LogP contribution is 2.40. The third-order valence-corrected chi connectivity index (χ3v) is 6.52. The molecule has 2 aliphatic rings. The first-order valence-corrected chi connectivity index (χ1v) is 10.3. The highest BCUT2D eigenvalue weighted by Gasteiger charge is 2.40. The van der Waals surface area contributed by atoms with Crippen LogP contribution in [-0.4, -0.2) is 47.0 Å². The maximum absolute atomic E-state index is 5.31. The lowest BCUT2D eigenvalue weighted by Gasteiger charge is -2.40. The first-order chi connectivity index (χ1) is 12.6. The molecule has 0 spiro atoms. The van der Waals surface area contributed by atoms with Gasteiger partial charge in [0.1, 0.15) is 0 Å². The molecular weight excluding hydrogens is 322 g/mol. The molecule has 0 saturated carbocycles. The van der Waals surface area contributed by atoms with Gasteiger partial charge >= 0.3 is 0 Å². The molecule has 3 heterocycles. The molecule has 0 aliphatic carbocycles. The Hall–Kier alpha value is -1.39. The molecule has 0 N–H and O–H groups in total. The van der Waals surface area contributed by atoms with Crippen molar-refractivity contribution in [3.63, 3.8) is 0 Å². The van der Waals surface area contributed by atoms with E-state index in [2.05, 4.69) is 46.7 Å². The number of hydrogen-bond acceptors (Lipinski definition) is 3. The quantitative estimate of drug-likeness (QED) is 0.743. The molecule has 3 atom stereocenters. The van der Waals surface area contributed by atoms with Crippen molar-refractivity contribution in [1.29, 1.82) is 0 Å². The second-order valence-electron chi connectivity index (χ2n) is 8.69. The van der Waals surface area contributed by atoms with E-state index in [1.165, 1.54) is 55.1 Å². The summed E-state index contributed by atoms with van der Waals surface area (Å²) in [4.78, 5) is 2.82. The average Bonchev–Trinajstić information content (AvgIpc) is 3.10. The smallest absolute Gasteiger partial charge is 0.0685 e. The van der Waals surface area contributed by atoms with E-state index in [0.717, 1.165) is 31.2 Å². The Bertz CT molecular complexity index is 726. The maximum atomic E-state index is 5.31. The van der Waals surface area contributed by atoms with Gasteiger partial charge in [-0.3, -0.25) is 9.58 Å². The topological polar surface area (TPSA) is 30.3 Å². The lowest BCUT2D eigenvalue weighted by molar-refractivity contribution is 0.0700. The molecule has 2 saturated heterocycles. The molecule has 4 heteroatoms. The summed E-state index contributed by atoms with van der Waals surface area (Å²) in [5, 5.41) is 5.90. The van der Waals surface area contributed by atoms with Gasteiger partial charge in [0.05, 0.1) is 11.7 Å². The predicted molar refractivity (Wildman–Crippen MR) is 106 cm³/mol. The van der Waals surface area contributed by atoms with Gasteiger partial charge in [-0.05, 0) is 62.5 Å². The van der Waals surface area contributed by atoms with Gasteiger partial charge in [-0.2, -0.15) is 5.10 Å². The molecule has 2 fully saturated rings. The fourth-order valence-electron chi connectivity index (χ4n) is 5.24. The van der Waals surface area contributed by atoms with Gasteiger partial charge in [-0.1, -0.05) is 19.1 Å². The number of hydrogen-bond donors (Lipinski definition) is 0. The average molecular weight is 356 g/mol. The Kier molecular flexibility index (Phi) is 5.32. The van der Waals surface area contributed by atoms with Gasteiger partial charge in [-0.25, -0.2) is 0 Å². The van der Waals surface area contributed by atoms with Gasteiger partial charge < -0.3 is 4.74 Å². The molecular formula is C22H33N3O. The van der Waals surface area contributed by atoms with Crippen LogP contribution in [0, 0.1) is 18.8 Å². The summed E-state index contributed by atoms with van der Waals surface area (Å²) in [6, 6.07) is 8.22. The molecule has 2 bridgehead atoms. The van der Waals surface area contributed by atoms with Crippen molar-refractivity contribution in [2.24, 2.45) is 11.8 Å². The Morgan fingerprint density at radius 1 is 1.19 bits per heavy atom. The first kappa shape index (κ1) is 18.0. The first-order valence-electron chi connectivity index (χ1n) is 10.3. The minimum Gasteiger partial charge on any atom is -0.385 e. The van der Waals surface area contributed by atoms with Crippen LogP contribution in [0.4, 0.5) is 0 Å². The Morgan fingerprint density at radius 3 is 2.69 bits per heavy atom. The van der Waals surface area contributed by atoms with Crippen LogP contribution in [0.5, 0.6) is 0 Å². The van der Waals surface area contributed by atoms with Crippen molar-refractivity contribution >= 4 is 10.9 Å². The van der Waals surface area contributed by atoms with Crippen molar-refractivity contribution in [1.82, 2.24) is 14.7 Å². The van der Waals surface area contributed by atoms with E-state index in [-0.39, 0.29) is 0 Å². The lowest BCUT2D eigenvalue weighted by atomic mass is 9.88. The molecule has 4 nitrogen and oxygen atoms in total. The number of methoxy groups -OCH3 is 1. The second-order valence-corrected chi connectivity index (χ2v) is 8.69. The zero-order valence-electron chi connectivity index (χ0n) is 16.5. The number of aryl methyl sites for hydroxylation is 1. The molecule has 26 heavy (non-hydrogen) atoms. The third kappa shape index (κ3) is 3.67. The van der Waals surface area contributed by atoms with Crippen LogP contribution < -0.4 is 0 Å². The van der Waals surface area contributed by atoms with E-state index in [1.54, 1.807) is 0 Å². The molecule has 0 unspecified atom stereocenters. The monoisotopic (exact) mass is 355 g/mol. The number of nitrogens with zero attached hydrogens (tertiary/aromatic N) is 3. The van der Waals surface area contributed by atoms with Crippen LogP contribution in [0.15, 0.2) is 24.4 Å². The standard InChI is InChI=1S/C22H33N3O/c1-16-4-5-19-13-23-25(22(19)10-16)15-17(2)14-24-20-6-7-21(24)12-18(11-20)8-9-26-3/h4-5,10,13,17-18,20-21H,6-9,11-12,14-15H2,1-3H3/t17-,20-,21-/m1/s1. The molecule has 1 aromatic carbocycles. The minimum absolute atomic E-state index is 0.622.